The van der Waals surface area contributed by atoms with Gasteiger partial charge in [0, 0.05) is 45.0 Å². The molecule has 0 saturated heterocycles. The first kappa shape index (κ1) is 66.1. The summed E-state index contributed by atoms with van der Waals surface area (Å²) in [6.45, 7) is 6.91. The van der Waals surface area contributed by atoms with Gasteiger partial charge in [-0.2, -0.15) is 0 Å². The number of fused-ring (bicyclic) bond motifs is 4. The van der Waals surface area contributed by atoms with Crippen molar-refractivity contribution < 1.29 is 0 Å². The van der Waals surface area contributed by atoms with Crippen molar-refractivity contribution in [3.05, 3.63) is 418 Å². The van der Waals surface area contributed by atoms with E-state index < -0.39 is 0 Å². The Morgan fingerprint density at radius 3 is 0.633 bits per heavy atom. The van der Waals surface area contributed by atoms with Crippen LogP contribution in [0.1, 0.15) is 26.3 Å². The van der Waals surface area contributed by atoms with E-state index in [1.54, 1.807) is 0 Å². The van der Waals surface area contributed by atoms with Gasteiger partial charge in [-0.1, -0.05) is 348 Å². The number of anilines is 6. The Morgan fingerprint density at radius 2 is 0.394 bits per heavy atom. The van der Waals surface area contributed by atoms with Crippen LogP contribution in [0.25, 0.3) is 134 Å². The molecule has 0 aliphatic carbocycles. The molecule has 0 N–H and O–H groups in total. The van der Waals surface area contributed by atoms with Crippen molar-refractivity contribution in [2.24, 2.45) is 0 Å². The lowest BCUT2D eigenvalue weighted by Crippen LogP contribution is -2.61. The zero-order chi connectivity index (χ0) is 72.9. The normalized spacial score (nSPS) is 12.1. The summed E-state index contributed by atoms with van der Waals surface area (Å²) in [6, 6.07) is 154. The van der Waals surface area contributed by atoms with Crippen LogP contribution in [0.15, 0.2) is 413 Å². The zero-order valence-corrected chi connectivity index (χ0v) is 61.2. The lowest BCUT2D eigenvalue weighted by Gasteiger charge is -2.46. The molecule has 2 heterocycles. The molecular weight excluding hydrogens is 1310 g/mol. The van der Waals surface area contributed by atoms with Crippen molar-refractivity contribution in [3.63, 3.8) is 0 Å². The molecule has 17 aromatic carbocycles. The summed E-state index contributed by atoms with van der Waals surface area (Å²) in [4.78, 5) is 5.40. The molecule has 0 spiro atoms. The Hall–Kier alpha value is -13.6. The molecule has 0 atom stereocenters. The van der Waals surface area contributed by atoms with Crippen LogP contribution < -0.4 is 26.2 Å². The Kier molecular flexibility index (Phi) is 17.0. The summed E-state index contributed by atoms with van der Waals surface area (Å²) in [7, 11) is 0. The molecule has 0 unspecified atom stereocenters. The highest BCUT2D eigenvalue weighted by atomic mass is 15.2. The number of benzene rings is 17. The average molecular weight is 1390 g/mol. The Balaban J connectivity index is 0.950. The van der Waals surface area contributed by atoms with Crippen LogP contribution in [0.5, 0.6) is 0 Å². The van der Waals surface area contributed by atoms with E-state index >= 15 is 0 Å². The number of hydrogen-bond donors (Lipinski definition) is 0. The first-order valence-electron chi connectivity index (χ1n) is 38.0. The smallest absolute Gasteiger partial charge is 0.252 e. The van der Waals surface area contributed by atoms with Gasteiger partial charge in [-0.05, 0) is 224 Å². The van der Waals surface area contributed by atoms with E-state index in [1.807, 2.05) is 0 Å². The van der Waals surface area contributed by atoms with Crippen molar-refractivity contribution >= 4 is 57.2 Å². The molecule has 514 valence electrons. The first-order chi connectivity index (χ1) is 53.7. The van der Waals surface area contributed by atoms with Crippen LogP contribution in [0.4, 0.5) is 34.1 Å². The summed E-state index contributed by atoms with van der Waals surface area (Å²) >= 11 is 0. The fraction of sp³-hybridized carbons (Fsp3) is 0.0377. The topological polar surface area (TPSA) is 6.48 Å². The van der Waals surface area contributed by atoms with Crippen LogP contribution >= 0.6 is 0 Å². The highest BCUT2D eigenvalue weighted by Crippen LogP contribution is 2.56. The van der Waals surface area contributed by atoms with Crippen molar-refractivity contribution in [2.75, 3.05) is 9.80 Å². The van der Waals surface area contributed by atoms with E-state index in [1.165, 1.54) is 55.3 Å². The Labute approximate surface area is 640 Å². The highest BCUT2D eigenvalue weighted by molar-refractivity contribution is 7.00. The van der Waals surface area contributed by atoms with Crippen LogP contribution in [0, 0.1) is 0 Å². The van der Waals surface area contributed by atoms with Gasteiger partial charge in [-0.3, -0.25) is 0 Å². The minimum absolute atomic E-state index is 0.252. The molecule has 0 radical (unpaired) electrons. The van der Waals surface area contributed by atoms with Crippen molar-refractivity contribution in [1.29, 1.82) is 0 Å². The van der Waals surface area contributed by atoms with E-state index in [-0.39, 0.29) is 12.1 Å². The number of hydrogen-bond acceptors (Lipinski definition) is 2. The van der Waals surface area contributed by atoms with E-state index in [2.05, 4.69) is 443 Å². The molecule has 0 bridgehead atoms. The molecule has 3 heteroatoms. The van der Waals surface area contributed by atoms with Gasteiger partial charge in [0.25, 0.3) is 6.71 Å². The standard InChI is InChI=1S/C106H77BN2/c1-106(2,3)92-70-101-103-102(71-92)109(105-95(80-50-30-12-31-51-80)66-91(67-96(105)81-52-32-13-33-53-81)89-62-86(76-42-22-8-23-43-76)59-87(63-89)77-44-24-9-25-45-77)100-57-55-83(73-36-16-5-17-37-73)69-98(100)107(103)97-68-82(72-34-14-4-15-35-72)54-56-99(97)108(101)104-93(78-46-26-10-27-47-78)64-90(65-94(104)79-48-28-11-29-49-79)88-60-84(74-38-18-6-19-39-74)58-85(61-88)75-40-20-7-21-41-75/h4-71H,1-3H3. The SMILES string of the molecule is CC(C)(C)c1cc2c3c(c1)N(c1c(-c4ccccc4)cc(-c4cc(-c5ccccc5)cc(-c5ccccc5)c4)cc1-c1ccccc1)c1ccc(-c4ccccc4)cc1B3c1cc(-c3ccccc3)ccc1N2c1c(-c2ccccc2)cc(-c2cc(-c3ccccc3)cc(-c3ccccc3)c2)cc1-c1ccccc1. The molecule has 17 aromatic rings. The van der Waals surface area contributed by atoms with Crippen molar-refractivity contribution in [2.45, 2.75) is 26.2 Å². The predicted molar refractivity (Wildman–Crippen MR) is 464 cm³/mol. The van der Waals surface area contributed by atoms with Gasteiger partial charge in [0.2, 0.25) is 0 Å². The van der Waals surface area contributed by atoms with Crippen LogP contribution in [-0.2, 0) is 5.41 Å². The van der Waals surface area contributed by atoms with E-state index in [4.69, 9.17) is 0 Å². The van der Waals surface area contributed by atoms with Gasteiger partial charge >= 0.3 is 0 Å². The minimum atomic E-state index is -0.337. The highest BCUT2D eigenvalue weighted by Gasteiger charge is 2.46. The average Bonchev–Trinajstić information content (AvgIpc) is 0.685. The molecule has 109 heavy (non-hydrogen) atoms. The molecule has 0 amide bonds. The summed E-state index contributed by atoms with van der Waals surface area (Å²) in [5.74, 6) is 0. The third kappa shape index (κ3) is 12.5. The van der Waals surface area contributed by atoms with Gasteiger partial charge in [0.15, 0.2) is 0 Å². The monoisotopic (exact) mass is 1390 g/mol. The largest absolute Gasteiger partial charge is 0.310 e. The second kappa shape index (κ2) is 28.0. The molecule has 0 saturated carbocycles. The lowest BCUT2D eigenvalue weighted by molar-refractivity contribution is 0.590. The quantitative estimate of drug-likeness (QED) is 0.100. The zero-order valence-electron chi connectivity index (χ0n) is 61.2. The summed E-state index contributed by atoms with van der Waals surface area (Å²) in [5, 5.41) is 0. The van der Waals surface area contributed by atoms with Gasteiger partial charge in [0.05, 0.1) is 11.4 Å². The predicted octanol–water partition coefficient (Wildman–Crippen LogP) is 27.1. The second-order valence-corrected chi connectivity index (χ2v) is 29.9. The molecule has 0 aromatic heterocycles. The fourth-order valence-corrected chi connectivity index (χ4v) is 16.8. The third-order valence-corrected chi connectivity index (χ3v) is 22.1. The maximum Gasteiger partial charge on any atom is 0.252 e. The fourth-order valence-electron chi connectivity index (χ4n) is 16.8. The van der Waals surface area contributed by atoms with Gasteiger partial charge < -0.3 is 9.80 Å². The summed E-state index contributed by atoms with van der Waals surface area (Å²) in [6.07, 6.45) is 0. The lowest BCUT2D eigenvalue weighted by atomic mass is 9.33. The Bertz CT molecular complexity index is 5590. The van der Waals surface area contributed by atoms with Gasteiger partial charge in [0.1, 0.15) is 0 Å². The van der Waals surface area contributed by atoms with Crippen molar-refractivity contribution in [3.8, 4) is 134 Å². The number of nitrogens with zero attached hydrogens (tertiary/aromatic N) is 2. The third-order valence-electron chi connectivity index (χ3n) is 22.1. The second-order valence-electron chi connectivity index (χ2n) is 29.9. The summed E-state index contributed by atoms with van der Waals surface area (Å²) < 4.78 is 0. The maximum absolute atomic E-state index is 2.70. The molecule has 0 fully saturated rings. The molecule has 2 aliphatic rings. The molecule has 19 rings (SSSR count). The van der Waals surface area contributed by atoms with E-state index in [0.29, 0.717) is 0 Å². The summed E-state index contributed by atoms with van der Waals surface area (Å²) in [5.41, 5.74) is 38.8. The Morgan fingerprint density at radius 1 is 0.183 bits per heavy atom. The molecular formula is C106H77BN2. The van der Waals surface area contributed by atoms with Gasteiger partial charge in [-0.15, -0.1) is 0 Å². The van der Waals surface area contributed by atoms with Crippen molar-refractivity contribution in [1.82, 2.24) is 0 Å². The number of rotatable bonds is 14. The minimum Gasteiger partial charge on any atom is -0.310 e. The van der Waals surface area contributed by atoms with Crippen LogP contribution in [0.2, 0.25) is 0 Å². The van der Waals surface area contributed by atoms with Crippen LogP contribution in [-0.4, -0.2) is 6.71 Å². The maximum atomic E-state index is 2.70. The molecule has 2 nitrogen and oxygen atoms in total. The first-order valence-corrected chi connectivity index (χ1v) is 38.0. The molecule has 2 aliphatic heterocycles. The van der Waals surface area contributed by atoms with Crippen LogP contribution in [0.3, 0.4) is 0 Å². The van der Waals surface area contributed by atoms with E-state index in [0.717, 1.165) is 134 Å². The van der Waals surface area contributed by atoms with E-state index in [9.17, 15) is 0 Å². The van der Waals surface area contributed by atoms with Gasteiger partial charge in [-0.25, -0.2) is 0 Å².